The highest BCUT2D eigenvalue weighted by Crippen LogP contribution is 2.19. The standard InChI is InChI=1S/C13H16O4/c1-3-4-9-12(14)17-11-8-6-5-7-10(11)13(15)16-2/h5-8H,3-4,9H2,1-2H3. The third-order valence-corrected chi connectivity index (χ3v) is 2.25. The predicted octanol–water partition coefficient (Wildman–Crippen LogP) is 2.57. The first-order valence-electron chi connectivity index (χ1n) is 5.57. The van der Waals surface area contributed by atoms with E-state index in [2.05, 4.69) is 4.74 Å². The predicted molar refractivity (Wildman–Crippen MR) is 62.9 cm³/mol. The van der Waals surface area contributed by atoms with Gasteiger partial charge in [0.15, 0.2) is 0 Å². The second-order valence-corrected chi connectivity index (χ2v) is 3.57. The van der Waals surface area contributed by atoms with Crippen LogP contribution in [0.2, 0.25) is 0 Å². The van der Waals surface area contributed by atoms with Gasteiger partial charge in [-0.1, -0.05) is 25.5 Å². The van der Waals surface area contributed by atoms with E-state index in [4.69, 9.17) is 4.74 Å². The molecule has 0 radical (unpaired) electrons. The molecule has 0 aliphatic rings. The summed E-state index contributed by atoms with van der Waals surface area (Å²) in [7, 11) is 1.29. The van der Waals surface area contributed by atoms with Crippen molar-refractivity contribution in [2.75, 3.05) is 7.11 Å². The fourth-order valence-corrected chi connectivity index (χ4v) is 1.33. The van der Waals surface area contributed by atoms with Crippen molar-refractivity contribution in [1.82, 2.24) is 0 Å². The molecule has 1 aromatic carbocycles. The summed E-state index contributed by atoms with van der Waals surface area (Å²) in [5, 5.41) is 0. The second-order valence-electron chi connectivity index (χ2n) is 3.57. The Morgan fingerprint density at radius 2 is 1.94 bits per heavy atom. The van der Waals surface area contributed by atoms with E-state index in [1.165, 1.54) is 7.11 Å². The lowest BCUT2D eigenvalue weighted by atomic mass is 10.2. The highest BCUT2D eigenvalue weighted by atomic mass is 16.5. The zero-order valence-corrected chi connectivity index (χ0v) is 10.1. The van der Waals surface area contributed by atoms with E-state index in [9.17, 15) is 9.59 Å². The summed E-state index contributed by atoms with van der Waals surface area (Å²) in [6.07, 6.45) is 2.05. The molecule has 92 valence electrons. The van der Waals surface area contributed by atoms with E-state index in [0.717, 1.165) is 12.8 Å². The summed E-state index contributed by atoms with van der Waals surface area (Å²) in [4.78, 5) is 22.9. The molecular formula is C13H16O4. The average Bonchev–Trinajstić information content (AvgIpc) is 2.36. The fourth-order valence-electron chi connectivity index (χ4n) is 1.33. The van der Waals surface area contributed by atoms with Crippen molar-refractivity contribution in [2.24, 2.45) is 0 Å². The molecule has 4 nitrogen and oxygen atoms in total. The second kappa shape index (κ2) is 6.68. The summed E-state index contributed by atoms with van der Waals surface area (Å²) in [5.74, 6) is -0.590. The van der Waals surface area contributed by atoms with Gasteiger partial charge in [-0.15, -0.1) is 0 Å². The van der Waals surface area contributed by atoms with Crippen LogP contribution in [0.15, 0.2) is 24.3 Å². The molecular weight excluding hydrogens is 220 g/mol. The Hall–Kier alpha value is -1.84. The van der Waals surface area contributed by atoms with Gasteiger partial charge in [0.25, 0.3) is 0 Å². The van der Waals surface area contributed by atoms with Crippen molar-refractivity contribution in [3.8, 4) is 5.75 Å². The SMILES string of the molecule is CCCCC(=O)Oc1ccccc1C(=O)OC. The monoisotopic (exact) mass is 236 g/mol. The van der Waals surface area contributed by atoms with Crippen LogP contribution in [-0.2, 0) is 9.53 Å². The van der Waals surface area contributed by atoms with E-state index in [0.29, 0.717) is 6.42 Å². The molecule has 0 bridgehead atoms. The summed E-state index contributed by atoms with van der Waals surface area (Å²) in [5.41, 5.74) is 0.264. The lowest BCUT2D eigenvalue weighted by Crippen LogP contribution is -2.11. The normalized spacial score (nSPS) is 9.76. The highest BCUT2D eigenvalue weighted by Gasteiger charge is 2.14. The van der Waals surface area contributed by atoms with Crippen LogP contribution < -0.4 is 4.74 Å². The van der Waals surface area contributed by atoms with Gasteiger partial charge in [0.1, 0.15) is 11.3 Å². The van der Waals surface area contributed by atoms with Crippen molar-refractivity contribution in [3.05, 3.63) is 29.8 Å². The molecule has 0 aromatic heterocycles. The van der Waals surface area contributed by atoms with Crippen molar-refractivity contribution >= 4 is 11.9 Å². The van der Waals surface area contributed by atoms with Gasteiger partial charge < -0.3 is 9.47 Å². The number of carbonyl (C=O) groups excluding carboxylic acids is 2. The number of unbranched alkanes of at least 4 members (excludes halogenated alkanes) is 1. The third kappa shape index (κ3) is 3.90. The van der Waals surface area contributed by atoms with Gasteiger partial charge in [0.2, 0.25) is 0 Å². The van der Waals surface area contributed by atoms with E-state index in [-0.39, 0.29) is 17.3 Å². The number of benzene rings is 1. The molecule has 0 heterocycles. The number of hydrogen-bond acceptors (Lipinski definition) is 4. The summed E-state index contributed by atoms with van der Waals surface area (Å²) in [6, 6.07) is 6.54. The van der Waals surface area contributed by atoms with E-state index in [1.54, 1.807) is 24.3 Å². The molecule has 0 N–H and O–H groups in total. The van der Waals surface area contributed by atoms with Gasteiger partial charge in [0.05, 0.1) is 7.11 Å². The average molecular weight is 236 g/mol. The quantitative estimate of drug-likeness (QED) is 0.582. The van der Waals surface area contributed by atoms with Crippen molar-refractivity contribution in [3.63, 3.8) is 0 Å². The number of methoxy groups -OCH3 is 1. The number of ether oxygens (including phenoxy) is 2. The number of para-hydroxylation sites is 1. The van der Waals surface area contributed by atoms with Crippen LogP contribution in [0.5, 0.6) is 5.75 Å². The van der Waals surface area contributed by atoms with E-state index < -0.39 is 5.97 Å². The molecule has 0 fully saturated rings. The smallest absolute Gasteiger partial charge is 0.341 e. The molecule has 0 spiro atoms. The minimum Gasteiger partial charge on any atom is -0.465 e. The van der Waals surface area contributed by atoms with Gasteiger partial charge in [-0.25, -0.2) is 4.79 Å². The lowest BCUT2D eigenvalue weighted by Gasteiger charge is -2.07. The Morgan fingerprint density at radius 3 is 2.59 bits per heavy atom. The number of esters is 2. The summed E-state index contributed by atoms with van der Waals surface area (Å²) < 4.78 is 9.74. The van der Waals surface area contributed by atoms with Crippen LogP contribution in [0.25, 0.3) is 0 Å². The third-order valence-electron chi connectivity index (χ3n) is 2.25. The minimum absolute atomic E-state index is 0.250. The first-order valence-corrected chi connectivity index (χ1v) is 5.57. The maximum absolute atomic E-state index is 11.5. The molecule has 0 saturated carbocycles. The number of hydrogen-bond donors (Lipinski definition) is 0. The molecule has 1 aromatic rings. The zero-order chi connectivity index (χ0) is 12.7. The Labute approximate surface area is 101 Å². The molecule has 0 amide bonds. The Kier molecular flexibility index (Phi) is 5.20. The van der Waals surface area contributed by atoms with Crippen LogP contribution in [0.4, 0.5) is 0 Å². The molecule has 0 unspecified atom stereocenters. The molecule has 1 rings (SSSR count). The fraction of sp³-hybridized carbons (Fsp3) is 0.385. The van der Waals surface area contributed by atoms with Crippen molar-refractivity contribution in [2.45, 2.75) is 26.2 Å². The van der Waals surface area contributed by atoms with Crippen LogP contribution in [-0.4, -0.2) is 19.0 Å². The molecule has 0 saturated heterocycles. The van der Waals surface area contributed by atoms with Gasteiger partial charge in [-0.3, -0.25) is 4.79 Å². The summed E-state index contributed by atoms with van der Waals surface area (Å²) >= 11 is 0. The van der Waals surface area contributed by atoms with Gasteiger partial charge >= 0.3 is 11.9 Å². The van der Waals surface area contributed by atoms with Crippen LogP contribution in [0, 0.1) is 0 Å². The Bertz CT molecular complexity index is 398. The minimum atomic E-state index is -0.510. The van der Waals surface area contributed by atoms with Crippen molar-refractivity contribution < 1.29 is 19.1 Å². The maximum atomic E-state index is 11.5. The van der Waals surface area contributed by atoms with Gasteiger partial charge in [-0.05, 0) is 18.6 Å². The Morgan fingerprint density at radius 1 is 1.24 bits per heavy atom. The molecule has 4 heteroatoms. The van der Waals surface area contributed by atoms with E-state index >= 15 is 0 Å². The number of rotatable bonds is 5. The van der Waals surface area contributed by atoms with Crippen LogP contribution in [0.3, 0.4) is 0 Å². The largest absolute Gasteiger partial charge is 0.465 e. The molecule has 17 heavy (non-hydrogen) atoms. The first kappa shape index (κ1) is 13.2. The zero-order valence-electron chi connectivity index (χ0n) is 10.1. The summed E-state index contributed by atoms with van der Waals surface area (Å²) in [6.45, 7) is 2.00. The van der Waals surface area contributed by atoms with Crippen LogP contribution in [0.1, 0.15) is 36.5 Å². The van der Waals surface area contributed by atoms with Crippen LogP contribution >= 0.6 is 0 Å². The maximum Gasteiger partial charge on any atom is 0.341 e. The Balaban J connectivity index is 2.76. The highest BCUT2D eigenvalue weighted by molar-refractivity contribution is 5.93. The number of carbonyl (C=O) groups is 2. The van der Waals surface area contributed by atoms with Gasteiger partial charge in [-0.2, -0.15) is 0 Å². The first-order chi connectivity index (χ1) is 8.19. The topological polar surface area (TPSA) is 52.6 Å². The van der Waals surface area contributed by atoms with E-state index in [1.807, 2.05) is 6.92 Å². The van der Waals surface area contributed by atoms with Gasteiger partial charge in [0, 0.05) is 6.42 Å². The van der Waals surface area contributed by atoms with Crippen molar-refractivity contribution in [1.29, 1.82) is 0 Å². The lowest BCUT2D eigenvalue weighted by molar-refractivity contribution is -0.134. The molecule has 0 aliphatic heterocycles. The molecule has 0 aliphatic carbocycles. The molecule has 0 atom stereocenters.